The molecule has 0 aliphatic rings. The minimum atomic E-state index is -3.91. The first kappa shape index (κ1) is 19.7. The number of rotatable bonds is 7. The van der Waals surface area contributed by atoms with Crippen LogP contribution in [0, 0.1) is 21.7 Å². The predicted molar refractivity (Wildman–Crippen MR) is 73.6 cm³/mol. The molecule has 7 heteroatoms. The highest BCUT2D eigenvalue weighted by Gasteiger charge is 2.06. The second-order valence-electron chi connectivity index (χ2n) is 3.78. The van der Waals surface area contributed by atoms with Crippen molar-refractivity contribution in [1.82, 2.24) is 0 Å². The summed E-state index contributed by atoms with van der Waals surface area (Å²) < 4.78 is 25.4. The van der Waals surface area contributed by atoms with E-state index in [-0.39, 0.29) is 14.5 Å². The predicted octanol–water partition coefficient (Wildman–Crippen LogP) is 2.99. The monoisotopic (exact) mass is 292 g/mol. The zero-order valence-corrected chi connectivity index (χ0v) is 12.9. The Morgan fingerprint density at radius 3 is 2.00 bits per heavy atom. The van der Waals surface area contributed by atoms with E-state index in [9.17, 15) is 8.42 Å². The van der Waals surface area contributed by atoms with Crippen LogP contribution >= 0.6 is 7.92 Å². The molecule has 0 aliphatic heterocycles. The molecule has 0 saturated carbocycles. The van der Waals surface area contributed by atoms with Gasteiger partial charge in [0.05, 0.1) is 12.4 Å². The number of hydrogen-bond acceptors (Lipinski definition) is 5. The molecular formula is C11H21N2O3PS. The van der Waals surface area contributed by atoms with Gasteiger partial charge < -0.3 is 0 Å². The van der Waals surface area contributed by atoms with Crippen molar-refractivity contribution in [1.29, 1.82) is 10.5 Å². The van der Waals surface area contributed by atoms with Gasteiger partial charge in [0, 0.05) is 0 Å². The number of thiocyanates is 1. The zero-order chi connectivity index (χ0) is 14.4. The maximum atomic E-state index is 10.5. The molecule has 0 aromatic heterocycles. The van der Waals surface area contributed by atoms with E-state index >= 15 is 0 Å². The molecule has 18 heavy (non-hydrogen) atoms. The van der Waals surface area contributed by atoms with Crippen molar-refractivity contribution >= 4 is 18.0 Å². The topological polar surface area (TPSA) is 90.9 Å². The molecule has 0 spiro atoms. The van der Waals surface area contributed by atoms with E-state index in [0.29, 0.717) is 6.42 Å². The number of nitrogens with zero attached hydrogens (tertiary/aromatic N) is 2. The van der Waals surface area contributed by atoms with E-state index in [1.165, 1.54) is 0 Å². The van der Waals surface area contributed by atoms with Crippen molar-refractivity contribution < 1.29 is 12.6 Å². The third-order valence-corrected chi connectivity index (χ3v) is 2.90. The average Bonchev–Trinajstić information content (AvgIpc) is 2.34. The minimum absolute atomic E-state index is 0.125. The highest BCUT2D eigenvalue weighted by atomic mass is 32.2. The number of hydrogen-bond donors (Lipinski definition) is 0. The second kappa shape index (κ2) is 12.8. The smallest absolute Gasteiger partial charge is 0.259 e. The summed E-state index contributed by atoms with van der Waals surface area (Å²) in [6.45, 7) is 6.08. The molecule has 0 heterocycles. The second-order valence-corrected chi connectivity index (χ2v) is 7.09. The summed E-state index contributed by atoms with van der Waals surface area (Å²) in [5, 5.41) is 17.1. The van der Waals surface area contributed by atoms with Gasteiger partial charge in [-0.15, -0.1) is 0 Å². The lowest BCUT2D eigenvalue weighted by molar-refractivity contribution is 0.312. The van der Waals surface area contributed by atoms with Gasteiger partial charge in [-0.1, -0.05) is 32.6 Å². The molecule has 0 radical (unpaired) electrons. The fourth-order valence-electron chi connectivity index (χ4n) is 0.901. The summed E-state index contributed by atoms with van der Waals surface area (Å²) in [5.74, 6) is 2.09. The summed E-state index contributed by atoms with van der Waals surface area (Å²) in [6.07, 6.45) is 5.05. The molecule has 0 unspecified atom stereocenters. The van der Waals surface area contributed by atoms with Crippen molar-refractivity contribution in [3.05, 3.63) is 0 Å². The van der Waals surface area contributed by atoms with Crippen LogP contribution < -0.4 is 0 Å². The van der Waals surface area contributed by atoms with Gasteiger partial charge in [-0.2, -0.15) is 18.9 Å². The first-order chi connectivity index (χ1) is 8.39. The molecular weight excluding hydrogens is 271 g/mol. The van der Waals surface area contributed by atoms with Crippen LogP contribution in [0.25, 0.3) is 0 Å². The van der Waals surface area contributed by atoms with Gasteiger partial charge in [-0.25, -0.2) is 0 Å². The fourth-order valence-corrected chi connectivity index (χ4v) is 1.29. The van der Waals surface area contributed by atoms with Crippen LogP contribution in [0.15, 0.2) is 0 Å². The Bertz CT molecular complexity index is 369. The first-order valence-corrected chi connectivity index (χ1v) is 9.41. The van der Waals surface area contributed by atoms with Crippen molar-refractivity contribution in [3.8, 4) is 11.2 Å². The number of nitriles is 2. The molecule has 0 aromatic rings. The van der Waals surface area contributed by atoms with Crippen molar-refractivity contribution in [2.75, 3.05) is 19.9 Å². The van der Waals surface area contributed by atoms with E-state index in [1.54, 1.807) is 0 Å². The van der Waals surface area contributed by atoms with Gasteiger partial charge in [-0.3, -0.25) is 4.18 Å². The minimum Gasteiger partial charge on any atom is -0.259 e. The van der Waals surface area contributed by atoms with Crippen LogP contribution in [-0.2, 0) is 14.3 Å². The molecule has 0 saturated heterocycles. The van der Waals surface area contributed by atoms with E-state index in [1.807, 2.05) is 13.3 Å². The quantitative estimate of drug-likeness (QED) is 0.236. The van der Waals surface area contributed by atoms with Gasteiger partial charge in [0.2, 0.25) is 5.40 Å². The number of unbranched alkanes of at least 4 members (excludes halogenated alkanes) is 4. The Labute approximate surface area is 112 Å². The highest BCUT2D eigenvalue weighted by Crippen LogP contribution is 2.19. The summed E-state index contributed by atoms with van der Waals surface area (Å²) in [5.41, 5.74) is 0. The summed E-state index contributed by atoms with van der Waals surface area (Å²) in [4.78, 5) is 0. The van der Waals surface area contributed by atoms with E-state index in [2.05, 4.69) is 16.9 Å². The largest absolute Gasteiger partial charge is 0.362 e. The Hall–Kier alpha value is -0.680. The molecule has 0 aliphatic carbocycles. The SMILES string of the molecule is CCCCCCCOS(=O)(=O)C#N.CP(C)C#N. The summed E-state index contributed by atoms with van der Waals surface area (Å²) >= 11 is 0. The normalized spacial score (nSPS) is 10.1. The van der Waals surface area contributed by atoms with Crippen molar-refractivity contribution in [2.45, 2.75) is 39.0 Å². The molecule has 0 rings (SSSR count). The van der Waals surface area contributed by atoms with Gasteiger partial charge in [0.15, 0.2) is 0 Å². The Morgan fingerprint density at radius 2 is 1.61 bits per heavy atom. The van der Waals surface area contributed by atoms with Crippen LogP contribution in [0.2, 0.25) is 0 Å². The highest BCUT2D eigenvalue weighted by molar-refractivity contribution is 7.91. The maximum Gasteiger partial charge on any atom is 0.362 e. The molecule has 0 atom stereocenters. The Kier molecular flexibility index (Phi) is 13.9. The van der Waals surface area contributed by atoms with Crippen LogP contribution in [0.4, 0.5) is 0 Å². The molecule has 0 bridgehead atoms. The van der Waals surface area contributed by atoms with Crippen LogP contribution in [-0.4, -0.2) is 28.4 Å². The third-order valence-electron chi connectivity index (χ3n) is 1.80. The van der Waals surface area contributed by atoms with E-state index < -0.39 is 10.1 Å². The Morgan fingerprint density at radius 1 is 1.11 bits per heavy atom. The summed E-state index contributed by atoms with van der Waals surface area (Å²) in [6, 6.07) is 0. The lowest BCUT2D eigenvalue weighted by Gasteiger charge is -1.98. The van der Waals surface area contributed by atoms with Crippen molar-refractivity contribution in [3.63, 3.8) is 0 Å². The van der Waals surface area contributed by atoms with Gasteiger partial charge in [0.25, 0.3) is 0 Å². The van der Waals surface area contributed by atoms with Crippen LogP contribution in [0.3, 0.4) is 0 Å². The van der Waals surface area contributed by atoms with E-state index in [4.69, 9.17) is 10.5 Å². The molecule has 0 amide bonds. The van der Waals surface area contributed by atoms with Gasteiger partial charge in [-0.05, 0) is 27.7 Å². The molecule has 0 aromatic carbocycles. The standard InChI is InChI=1S/C8H15NO3S.C3H6NP/c1-2-3-4-5-6-7-12-13(10,11)8-9;1-5(2)3-4/h2-7H2,1H3;1-2H3. The first-order valence-electron chi connectivity index (χ1n) is 5.77. The maximum absolute atomic E-state index is 10.5. The van der Waals surface area contributed by atoms with Gasteiger partial charge >= 0.3 is 10.1 Å². The Balaban J connectivity index is 0. The van der Waals surface area contributed by atoms with Crippen LogP contribution in [0.1, 0.15) is 39.0 Å². The lowest BCUT2D eigenvalue weighted by atomic mass is 10.2. The van der Waals surface area contributed by atoms with Crippen LogP contribution in [0.5, 0.6) is 0 Å². The van der Waals surface area contributed by atoms with E-state index in [0.717, 1.165) is 31.1 Å². The molecule has 0 fully saturated rings. The fraction of sp³-hybridized carbons (Fsp3) is 0.818. The van der Waals surface area contributed by atoms with Gasteiger partial charge in [0.1, 0.15) is 0 Å². The summed E-state index contributed by atoms with van der Waals surface area (Å²) in [7, 11) is -4.20. The lowest BCUT2D eigenvalue weighted by Crippen LogP contribution is -2.03. The molecule has 5 nitrogen and oxygen atoms in total. The molecule has 0 N–H and O–H groups in total. The van der Waals surface area contributed by atoms with Crippen molar-refractivity contribution in [2.24, 2.45) is 0 Å². The zero-order valence-electron chi connectivity index (χ0n) is 11.2. The third kappa shape index (κ3) is 17.7. The average molecular weight is 292 g/mol. The molecule has 104 valence electrons.